The topological polar surface area (TPSA) is 105 Å². The third-order valence-electron chi connectivity index (χ3n) is 3.22. The van der Waals surface area contributed by atoms with Crippen LogP contribution in [0.25, 0.3) is 5.69 Å². The highest BCUT2D eigenvalue weighted by molar-refractivity contribution is 5.95. The third kappa shape index (κ3) is 2.70. The van der Waals surface area contributed by atoms with Gasteiger partial charge in [0.15, 0.2) is 5.78 Å². The Morgan fingerprint density at radius 2 is 2.13 bits per heavy atom. The molecule has 0 atom stereocenters. The van der Waals surface area contributed by atoms with Crippen LogP contribution < -0.4 is 11.2 Å². The van der Waals surface area contributed by atoms with Gasteiger partial charge in [-0.3, -0.25) is 14.2 Å². The van der Waals surface area contributed by atoms with Gasteiger partial charge in [0.2, 0.25) is 5.88 Å². The number of carbonyl (C=O) groups is 1. The van der Waals surface area contributed by atoms with Crippen molar-refractivity contribution in [1.82, 2.24) is 9.13 Å². The van der Waals surface area contributed by atoms with Gasteiger partial charge in [0.05, 0.1) is 17.3 Å². The van der Waals surface area contributed by atoms with Crippen LogP contribution in [0.5, 0.6) is 5.88 Å². The van der Waals surface area contributed by atoms with Gasteiger partial charge in [-0.1, -0.05) is 12.1 Å². The molecule has 2 rings (SSSR count). The number of hydrogen-bond acceptors (Lipinski definition) is 5. The fraction of sp³-hybridized carbons (Fsp3) is 0.125. The molecule has 0 aliphatic carbocycles. The lowest BCUT2D eigenvalue weighted by Crippen LogP contribution is -2.41. The highest BCUT2D eigenvalue weighted by Gasteiger charge is 2.22. The summed E-state index contributed by atoms with van der Waals surface area (Å²) in [6, 6.07) is 7.75. The van der Waals surface area contributed by atoms with Crippen molar-refractivity contribution in [3.05, 3.63) is 68.9 Å². The second-order valence-corrected chi connectivity index (χ2v) is 4.74. The summed E-state index contributed by atoms with van der Waals surface area (Å²) >= 11 is 0. The summed E-state index contributed by atoms with van der Waals surface area (Å²) in [6.45, 7) is 4.52. The molecule has 116 valence electrons. The number of nitriles is 1. The van der Waals surface area contributed by atoms with E-state index in [1.807, 2.05) is 6.07 Å². The first-order valence-corrected chi connectivity index (χ1v) is 6.63. The zero-order chi connectivity index (χ0) is 17.1. The summed E-state index contributed by atoms with van der Waals surface area (Å²) in [4.78, 5) is 36.7. The van der Waals surface area contributed by atoms with E-state index in [0.717, 1.165) is 16.1 Å². The highest BCUT2D eigenvalue weighted by Crippen LogP contribution is 2.14. The Labute approximate surface area is 131 Å². The molecular formula is C16H13N3O4. The van der Waals surface area contributed by atoms with Gasteiger partial charge >= 0.3 is 5.69 Å². The van der Waals surface area contributed by atoms with Crippen molar-refractivity contribution in [2.24, 2.45) is 0 Å². The van der Waals surface area contributed by atoms with Crippen LogP contribution in [0.1, 0.15) is 22.8 Å². The Morgan fingerprint density at radius 3 is 2.70 bits per heavy atom. The quantitative estimate of drug-likeness (QED) is 0.669. The van der Waals surface area contributed by atoms with E-state index in [-0.39, 0.29) is 17.8 Å². The van der Waals surface area contributed by atoms with Crippen molar-refractivity contribution in [3.8, 4) is 17.6 Å². The van der Waals surface area contributed by atoms with Crippen LogP contribution in [0.3, 0.4) is 0 Å². The zero-order valence-electron chi connectivity index (χ0n) is 12.3. The largest absolute Gasteiger partial charge is 0.494 e. The number of benzene rings is 1. The minimum Gasteiger partial charge on any atom is -0.494 e. The predicted molar refractivity (Wildman–Crippen MR) is 82.9 cm³/mol. The van der Waals surface area contributed by atoms with Crippen LogP contribution in [0, 0.1) is 11.3 Å². The van der Waals surface area contributed by atoms with E-state index in [2.05, 4.69) is 6.58 Å². The number of rotatable bonds is 4. The number of Topliss-reactive ketones (excluding diaryl/α,β-unsaturated/α-hetero) is 1. The van der Waals surface area contributed by atoms with Crippen LogP contribution in [0.4, 0.5) is 0 Å². The van der Waals surface area contributed by atoms with Gasteiger partial charge in [-0.2, -0.15) is 5.26 Å². The summed E-state index contributed by atoms with van der Waals surface area (Å²) in [5, 5.41) is 19.0. The maximum atomic E-state index is 12.5. The summed E-state index contributed by atoms with van der Waals surface area (Å²) < 4.78 is 1.62. The summed E-state index contributed by atoms with van der Waals surface area (Å²) in [7, 11) is 0. The van der Waals surface area contributed by atoms with Crippen molar-refractivity contribution >= 4 is 5.78 Å². The number of aromatic hydroxyl groups is 1. The first-order chi connectivity index (χ1) is 10.9. The van der Waals surface area contributed by atoms with E-state index in [9.17, 15) is 19.5 Å². The Balaban J connectivity index is 2.96. The van der Waals surface area contributed by atoms with E-state index >= 15 is 0 Å². The molecule has 7 nitrogen and oxygen atoms in total. The van der Waals surface area contributed by atoms with Gasteiger partial charge in [0, 0.05) is 6.54 Å². The van der Waals surface area contributed by atoms with Gasteiger partial charge in [-0.15, -0.1) is 6.58 Å². The van der Waals surface area contributed by atoms with Crippen LogP contribution in [0.15, 0.2) is 46.5 Å². The molecule has 0 bridgehead atoms. The lowest BCUT2D eigenvalue weighted by Gasteiger charge is -2.13. The monoisotopic (exact) mass is 311 g/mol. The SMILES string of the molecule is C=CCn1c(O)c(C(C)=O)c(=O)n(-c2cccc(C#N)c2)c1=O. The van der Waals surface area contributed by atoms with Crippen LogP contribution in [0.2, 0.25) is 0 Å². The van der Waals surface area contributed by atoms with Crippen LogP contribution in [-0.4, -0.2) is 20.0 Å². The van der Waals surface area contributed by atoms with Gasteiger partial charge in [0.25, 0.3) is 5.56 Å². The molecule has 1 heterocycles. The van der Waals surface area contributed by atoms with E-state index in [0.29, 0.717) is 0 Å². The number of nitrogens with zero attached hydrogens (tertiary/aromatic N) is 3. The first kappa shape index (κ1) is 16.0. The van der Waals surface area contributed by atoms with Gasteiger partial charge < -0.3 is 5.11 Å². The fourth-order valence-electron chi connectivity index (χ4n) is 2.18. The number of hydrogen-bond donors (Lipinski definition) is 1. The Morgan fingerprint density at radius 1 is 1.43 bits per heavy atom. The molecule has 0 aliphatic rings. The maximum absolute atomic E-state index is 12.5. The van der Waals surface area contributed by atoms with Crippen molar-refractivity contribution in [3.63, 3.8) is 0 Å². The van der Waals surface area contributed by atoms with Crippen LogP contribution >= 0.6 is 0 Å². The molecule has 7 heteroatoms. The lowest BCUT2D eigenvalue weighted by atomic mass is 10.2. The van der Waals surface area contributed by atoms with Crippen molar-refractivity contribution in [1.29, 1.82) is 5.26 Å². The summed E-state index contributed by atoms with van der Waals surface area (Å²) in [5.41, 5.74) is -1.86. The number of allylic oxidation sites excluding steroid dienone is 1. The molecular weight excluding hydrogens is 298 g/mol. The maximum Gasteiger partial charge on any atom is 0.338 e. The first-order valence-electron chi connectivity index (χ1n) is 6.63. The van der Waals surface area contributed by atoms with E-state index in [1.54, 1.807) is 0 Å². The predicted octanol–water partition coefficient (Wildman–Crippen LogP) is 0.965. The summed E-state index contributed by atoms with van der Waals surface area (Å²) in [5.74, 6) is -1.37. The van der Waals surface area contributed by atoms with Gasteiger partial charge in [0.1, 0.15) is 5.56 Å². The second kappa shape index (κ2) is 6.15. The minimum atomic E-state index is -0.935. The normalized spacial score (nSPS) is 10.1. The molecule has 0 aliphatic heterocycles. The molecule has 0 unspecified atom stereocenters. The van der Waals surface area contributed by atoms with E-state index < -0.39 is 28.5 Å². The molecule has 0 fully saturated rings. The Bertz CT molecular complexity index is 961. The minimum absolute atomic E-state index is 0.0802. The van der Waals surface area contributed by atoms with Gasteiger partial charge in [-0.25, -0.2) is 9.36 Å². The van der Waals surface area contributed by atoms with Crippen molar-refractivity contribution in [2.45, 2.75) is 13.5 Å². The average Bonchev–Trinajstić information content (AvgIpc) is 2.51. The molecule has 0 spiro atoms. The smallest absolute Gasteiger partial charge is 0.338 e. The van der Waals surface area contributed by atoms with Crippen LogP contribution in [-0.2, 0) is 6.54 Å². The molecule has 0 saturated heterocycles. The standard InChI is InChI=1S/C16H13N3O4/c1-3-7-18-14(21)13(10(2)20)15(22)19(16(18)23)12-6-4-5-11(8-12)9-17/h3-6,8,21H,1,7H2,2H3. The Hall–Kier alpha value is -3.40. The van der Waals surface area contributed by atoms with Crippen molar-refractivity contribution in [2.75, 3.05) is 0 Å². The summed E-state index contributed by atoms with van der Waals surface area (Å²) in [6.07, 6.45) is 1.35. The molecule has 0 amide bonds. The fourth-order valence-corrected chi connectivity index (χ4v) is 2.18. The number of aromatic nitrogens is 2. The molecule has 2 aromatic rings. The number of carbonyl (C=O) groups excluding carboxylic acids is 1. The molecule has 0 saturated carbocycles. The molecule has 1 aromatic heterocycles. The second-order valence-electron chi connectivity index (χ2n) is 4.74. The molecule has 23 heavy (non-hydrogen) atoms. The van der Waals surface area contributed by atoms with Gasteiger partial charge in [-0.05, 0) is 25.1 Å². The third-order valence-corrected chi connectivity index (χ3v) is 3.22. The highest BCUT2D eigenvalue weighted by atomic mass is 16.3. The molecule has 1 aromatic carbocycles. The van der Waals surface area contributed by atoms with E-state index in [1.165, 1.54) is 30.3 Å². The lowest BCUT2D eigenvalue weighted by molar-refractivity contribution is 0.101. The Kier molecular flexibility index (Phi) is 4.27. The molecule has 1 N–H and O–H groups in total. The zero-order valence-corrected chi connectivity index (χ0v) is 12.3. The van der Waals surface area contributed by atoms with E-state index in [4.69, 9.17) is 5.26 Å². The van der Waals surface area contributed by atoms with Crippen molar-refractivity contribution < 1.29 is 9.90 Å². The number of ketones is 1. The molecule has 0 radical (unpaired) electrons. The average molecular weight is 311 g/mol.